The summed E-state index contributed by atoms with van der Waals surface area (Å²) in [4.78, 5) is 23.6. The highest BCUT2D eigenvalue weighted by molar-refractivity contribution is 7.15. The van der Waals surface area contributed by atoms with E-state index in [2.05, 4.69) is 20.8 Å². The van der Waals surface area contributed by atoms with Crippen molar-refractivity contribution in [3.8, 4) is 23.3 Å². The summed E-state index contributed by atoms with van der Waals surface area (Å²) in [7, 11) is 1.50. The van der Waals surface area contributed by atoms with Gasteiger partial charge in [0.05, 0.1) is 7.11 Å². The molecule has 2 amide bonds. The molecule has 0 fully saturated rings. The number of nitriles is 1. The maximum atomic E-state index is 12.6. The van der Waals surface area contributed by atoms with Crippen LogP contribution in [0.15, 0.2) is 48.0 Å². The number of nitrogens with one attached hydrogen (secondary N) is 2. The van der Waals surface area contributed by atoms with E-state index in [1.165, 1.54) is 31.4 Å². The van der Waals surface area contributed by atoms with E-state index in [9.17, 15) is 14.9 Å². The lowest BCUT2D eigenvalue weighted by Crippen LogP contribution is -2.13. The zero-order valence-corrected chi connectivity index (χ0v) is 21.7. The molecule has 0 aliphatic carbocycles. The molecule has 0 aliphatic heterocycles. The predicted molar refractivity (Wildman–Crippen MR) is 141 cm³/mol. The molecule has 0 atom stereocenters. The number of benzene rings is 2. The summed E-state index contributed by atoms with van der Waals surface area (Å²) in [5, 5.41) is 23.9. The largest absolute Gasteiger partial charge is 0.493 e. The van der Waals surface area contributed by atoms with E-state index in [1.807, 2.05) is 19.9 Å². The first kappa shape index (κ1) is 27.2. The van der Waals surface area contributed by atoms with Gasteiger partial charge in [-0.3, -0.25) is 14.9 Å². The molecule has 0 bridgehead atoms. The van der Waals surface area contributed by atoms with Crippen molar-refractivity contribution in [2.75, 3.05) is 31.0 Å². The number of rotatable bonds is 11. The first-order valence-electron chi connectivity index (χ1n) is 11.4. The van der Waals surface area contributed by atoms with Crippen molar-refractivity contribution in [2.45, 2.75) is 26.7 Å². The lowest BCUT2D eigenvalue weighted by Gasteiger charge is -2.12. The zero-order valence-electron chi connectivity index (χ0n) is 20.9. The Kier molecular flexibility index (Phi) is 9.57. The average Bonchev–Trinajstić information content (AvgIpc) is 3.35. The Morgan fingerprint density at radius 2 is 1.78 bits per heavy atom. The van der Waals surface area contributed by atoms with E-state index >= 15 is 0 Å². The van der Waals surface area contributed by atoms with E-state index in [0.29, 0.717) is 33.6 Å². The van der Waals surface area contributed by atoms with Crippen molar-refractivity contribution in [2.24, 2.45) is 0 Å². The highest BCUT2D eigenvalue weighted by Crippen LogP contribution is 2.29. The van der Waals surface area contributed by atoms with Crippen LogP contribution in [0.5, 0.6) is 17.2 Å². The predicted octanol–water partition coefficient (Wildman–Crippen LogP) is 4.63. The van der Waals surface area contributed by atoms with Gasteiger partial charge in [0, 0.05) is 18.5 Å². The van der Waals surface area contributed by atoms with Gasteiger partial charge < -0.3 is 19.5 Å². The third-order valence-corrected chi connectivity index (χ3v) is 5.94. The molecule has 2 N–H and O–H groups in total. The molecule has 11 heteroatoms. The smallest absolute Gasteiger partial charge is 0.268 e. The average molecular weight is 522 g/mol. The normalized spacial score (nSPS) is 11.0. The molecule has 10 nitrogen and oxygen atoms in total. The molecule has 0 spiro atoms. The fraction of sp³-hybridized carbons (Fsp3) is 0.269. The Bertz CT molecular complexity index is 1310. The molecule has 1 heterocycles. The highest BCUT2D eigenvalue weighted by atomic mass is 32.1. The number of carbonyl (C=O) groups is 2. The van der Waals surface area contributed by atoms with Crippen LogP contribution in [0.25, 0.3) is 6.08 Å². The Hall–Kier alpha value is -4.43. The fourth-order valence-electron chi connectivity index (χ4n) is 3.04. The van der Waals surface area contributed by atoms with Gasteiger partial charge in [0.25, 0.3) is 5.91 Å². The molecule has 0 saturated carbocycles. The third-order valence-electron chi connectivity index (χ3n) is 4.80. The summed E-state index contributed by atoms with van der Waals surface area (Å²) in [6.07, 6.45) is 1.46. The summed E-state index contributed by atoms with van der Waals surface area (Å²) in [6, 6.07) is 14.0. The Morgan fingerprint density at radius 3 is 2.41 bits per heavy atom. The fourth-order valence-corrected chi connectivity index (χ4v) is 3.78. The number of hydrogen-bond donors (Lipinski definition) is 2. The topological polar surface area (TPSA) is 135 Å². The van der Waals surface area contributed by atoms with Crippen LogP contribution in [0.3, 0.4) is 0 Å². The Balaban J connectivity index is 1.58. The van der Waals surface area contributed by atoms with Crippen LogP contribution in [0.1, 0.15) is 37.3 Å². The van der Waals surface area contributed by atoms with Crippen LogP contribution in [-0.2, 0) is 9.59 Å². The monoisotopic (exact) mass is 521 g/mol. The summed E-state index contributed by atoms with van der Waals surface area (Å²) >= 11 is 1.27. The Morgan fingerprint density at radius 1 is 1.05 bits per heavy atom. The minimum absolute atomic E-state index is 0.0880. The SMILES string of the molecule is COc1cc(/C=C(/C#N)C(=O)Nc2nnc(C(C)C)s2)ccc1OCCOc1ccc(NC(C)=O)cc1. The molecule has 37 heavy (non-hydrogen) atoms. The van der Waals surface area contributed by atoms with Gasteiger partial charge in [0.1, 0.15) is 35.6 Å². The van der Waals surface area contributed by atoms with Gasteiger partial charge in [-0.1, -0.05) is 31.3 Å². The number of ether oxygens (including phenoxy) is 3. The van der Waals surface area contributed by atoms with Crippen molar-refractivity contribution in [1.29, 1.82) is 5.26 Å². The number of amides is 2. The van der Waals surface area contributed by atoms with E-state index in [-0.39, 0.29) is 30.6 Å². The molecule has 0 saturated heterocycles. The lowest BCUT2D eigenvalue weighted by molar-refractivity contribution is -0.114. The van der Waals surface area contributed by atoms with E-state index in [4.69, 9.17) is 14.2 Å². The maximum absolute atomic E-state index is 12.6. The van der Waals surface area contributed by atoms with E-state index in [0.717, 1.165) is 5.01 Å². The Labute approximate surface area is 218 Å². The van der Waals surface area contributed by atoms with Gasteiger partial charge in [-0.25, -0.2) is 0 Å². The summed E-state index contributed by atoms with van der Waals surface area (Å²) in [5.41, 5.74) is 1.19. The van der Waals surface area contributed by atoms with Crippen molar-refractivity contribution in [3.05, 3.63) is 58.6 Å². The number of nitrogens with zero attached hydrogens (tertiary/aromatic N) is 3. The highest BCUT2D eigenvalue weighted by Gasteiger charge is 2.15. The summed E-state index contributed by atoms with van der Waals surface area (Å²) in [5.74, 6) is 1.05. The minimum atomic E-state index is -0.574. The van der Waals surface area contributed by atoms with E-state index in [1.54, 1.807) is 42.5 Å². The van der Waals surface area contributed by atoms with Crippen molar-refractivity contribution >= 4 is 40.0 Å². The van der Waals surface area contributed by atoms with Crippen LogP contribution in [0, 0.1) is 11.3 Å². The van der Waals surface area contributed by atoms with Gasteiger partial charge in [-0.05, 0) is 48.0 Å². The van der Waals surface area contributed by atoms with Gasteiger partial charge in [-0.15, -0.1) is 10.2 Å². The number of aromatic nitrogens is 2. The third kappa shape index (κ3) is 8.05. The van der Waals surface area contributed by atoms with Crippen LogP contribution in [0.4, 0.5) is 10.8 Å². The van der Waals surface area contributed by atoms with Crippen molar-refractivity contribution in [3.63, 3.8) is 0 Å². The van der Waals surface area contributed by atoms with Crippen molar-refractivity contribution < 1.29 is 23.8 Å². The minimum Gasteiger partial charge on any atom is -0.493 e. The standard InChI is InChI=1S/C26H27N5O5S/c1-16(2)25-30-31-26(37-25)29-24(33)19(15-27)13-18-5-10-22(23(14-18)34-4)36-12-11-35-21-8-6-20(7-9-21)28-17(3)32/h5-10,13-14,16H,11-12H2,1-4H3,(H,28,32)(H,29,31,33)/b19-13-. The van der Waals surface area contributed by atoms with E-state index < -0.39 is 5.91 Å². The first-order valence-corrected chi connectivity index (χ1v) is 12.2. The lowest BCUT2D eigenvalue weighted by atomic mass is 10.1. The van der Waals surface area contributed by atoms with Gasteiger partial charge in [0.2, 0.25) is 11.0 Å². The molecule has 3 aromatic rings. The number of hydrogen-bond acceptors (Lipinski definition) is 9. The summed E-state index contributed by atoms with van der Waals surface area (Å²) in [6.45, 7) is 5.95. The number of carbonyl (C=O) groups excluding carboxylic acids is 2. The number of anilines is 2. The van der Waals surface area contributed by atoms with Crippen molar-refractivity contribution in [1.82, 2.24) is 10.2 Å². The molecule has 0 radical (unpaired) electrons. The maximum Gasteiger partial charge on any atom is 0.268 e. The quantitative estimate of drug-likeness (QED) is 0.212. The first-order chi connectivity index (χ1) is 17.8. The molecule has 2 aromatic carbocycles. The molecule has 1 aromatic heterocycles. The molecule has 0 aliphatic rings. The van der Waals surface area contributed by atoms with Crippen LogP contribution >= 0.6 is 11.3 Å². The summed E-state index contributed by atoms with van der Waals surface area (Å²) < 4.78 is 16.9. The second-order valence-corrected chi connectivity index (χ2v) is 9.05. The molecule has 3 rings (SSSR count). The number of methoxy groups -OCH3 is 1. The second kappa shape index (κ2) is 13.0. The van der Waals surface area contributed by atoms with Gasteiger partial charge >= 0.3 is 0 Å². The molecular formula is C26H27N5O5S. The van der Waals surface area contributed by atoms with Gasteiger partial charge in [-0.2, -0.15) is 5.26 Å². The van der Waals surface area contributed by atoms with Crippen LogP contribution in [0.2, 0.25) is 0 Å². The molecule has 0 unspecified atom stereocenters. The van der Waals surface area contributed by atoms with Gasteiger partial charge in [0.15, 0.2) is 11.5 Å². The van der Waals surface area contributed by atoms with Crippen LogP contribution < -0.4 is 24.8 Å². The van der Waals surface area contributed by atoms with Crippen LogP contribution in [-0.4, -0.2) is 42.3 Å². The second-order valence-electron chi connectivity index (χ2n) is 8.04. The molecule has 192 valence electrons. The zero-order chi connectivity index (χ0) is 26.8. The molecular weight excluding hydrogens is 494 g/mol.